The predicted octanol–water partition coefficient (Wildman–Crippen LogP) is 3.10. The summed E-state index contributed by atoms with van der Waals surface area (Å²) >= 11 is 0. The van der Waals surface area contributed by atoms with Gasteiger partial charge in [-0.25, -0.2) is 0 Å². The van der Waals surface area contributed by atoms with E-state index in [9.17, 15) is 9.59 Å². The van der Waals surface area contributed by atoms with Gasteiger partial charge in [0.1, 0.15) is 13.2 Å². The predicted molar refractivity (Wildman–Crippen MR) is 161 cm³/mol. The summed E-state index contributed by atoms with van der Waals surface area (Å²) < 4.78 is 32.3. The molecule has 2 aromatic carbocycles. The first-order valence-corrected chi connectivity index (χ1v) is 13.5. The molecule has 14 heteroatoms. The van der Waals surface area contributed by atoms with Gasteiger partial charge in [-0.15, -0.1) is 0 Å². The average Bonchev–Trinajstić information content (AvgIpc) is 3.48. The van der Waals surface area contributed by atoms with Gasteiger partial charge < -0.3 is 35.8 Å². The number of hydrogen-bond donors (Lipinski definition) is 6. The van der Waals surface area contributed by atoms with E-state index in [0.717, 1.165) is 40.5 Å². The molecule has 0 aliphatic carbocycles. The van der Waals surface area contributed by atoms with Crippen LogP contribution in [0.5, 0.6) is 0 Å². The van der Waals surface area contributed by atoms with Crippen LogP contribution in [0.15, 0.2) is 48.8 Å². The molecule has 4 rings (SSSR count). The molecule has 1 radical (unpaired) electrons. The third-order valence-corrected chi connectivity index (χ3v) is 5.70. The molecule has 2 heterocycles. The second kappa shape index (κ2) is 20.7. The van der Waals surface area contributed by atoms with Crippen molar-refractivity contribution in [3.05, 3.63) is 65.5 Å². The maximum absolute atomic E-state index is 11.2. The Morgan fingerprint density at radius 1 is 0.857 bits per heavy atom. The fraction of sp³-hybridized carbons (Fsp3) is 0.357. The van der Waals surface area contributed by atoms with Gasteiger partial charge in [0, 0.05) is 99.9 Å². The molecule has 0 fully saturated rings. The van der Waals surface area contributed by atoms with Crippen molar-refractivity contribution in [1.29, 1.82) is 4.78 Å². The van der Waals surface area contributed by atoms with Gasteiger partial charge in [-0.2, -0.15) is 13.2 Å². The monoisotopic (exact) mass is 677 g/mol. The standard InChI is InChI=1S/C14H18N2O2.C13H17N3O2.CH4.HNO2S.Y/c1-10-3-4-13-12(7-10)11(8-16-13)5-6-15-14(17)9-18-2;1-18-8-13(17)15-5-4-9-7-16-12-3-2-10(14)6-11(9)12;;1-4(2)3;/h3-4,7-8,16H,5-6,9H2,1-2H3,(H,15,17);2-3,6-7,16H,4-5,8,14H2,1H3,(H,15,17);1H4;1H;. The zero-order valence-electron chi connectivity index (χ0n) is 23.4. The third kappa shape index (κ3) is 13.7. The summed E-state index contributed by atoms with van der Waals surface area (Å²) in [5.41, 5.74) is 12.3. The fourth-order valence-electron chi connectivity index (χ4n) is 3.94. The number of aryl methyl sites for hydroxylation is 1. The minimum Gasteiger partial charge on any atom is -0.399 e. The van der Waals surface area contributed by atoms with E-state index in [1.807, 2.05) is 30.6 Å². The van der Waals surface area contributed by atoms with E-state index in [1.165, 1.54) is 30.7 Å². The van der Waals surface area contributed by atoms with Gasteiger partial charge in [-0.1, -0.05) is 19.1 Å². The number of H-pyrrole nitrogens is 2. The van der Waals surface area contributed by atoms with E-state index in [0.29, 0.717) is 13.1 Å². The minimum atomic E-state index is -2.61. The van der Waals surface area contributed by atoms with Crippen molar-refractivity contribution in [2.24, 2.45) is 0 Å². The number of anilines is 1. The Morgan fingerprint density at radius 2 is 1.29 bits per heavy atom. The number of methoxy groups -OCH3 is 2. The Labute approximate surface area is 272 Å². The molecule has 0 saturated heterocycles. The van der Waals surface area contributed by atoms with Gasteiger partial charge in [-0.05, 0) is 61.2 Å². The summed E-state index contributed by atoms with van der Waals surface area (Å²) in [5.74, 6) is -0.176. The Balaban J connectivity index is 0.000000682. The van der Waals surface area contributed by atoms with Gasteiger partial charge in [0.05, 0.1) is 0 Å². The van der Waals surface area contributed by atoms with E-state index in [2.05, 4.69) is 45.7 Å². The molecule has 0 bridgehead atoms. The first kappa shape index (κ1) is 38.9. The summed E-state index contributed by atoms with van der Waals surface area (Å²) in [6.45, 7) is 3.51. The van der Waals surface area contributed by atoms with Crippen molar-refractivity contribution in [2.75, 3.05) is 46.3 Å². The van der Waals surface area contributed by atoms with Crippen LogP contribution < -0.4 is 16.4 Å². The number of ether oxygens (including phenoxy) is 2. The largest absolute Gasteiger partial charge is 0.399 e. The molecule has 0 aliphatic rings. The molecular formula is C28H40N6O6SY. The number of aromatic nitrogens is 2. The topological polar surface area (TPSA) is 192 Å². The van der Waals surface area contributed by atoms with E-state index < -0.39 is 10.5 Å². The van der Waals surface area contributed by atoms with Crippen molar-refractivity contribution in [2.45, 2.75) is 27.2 Å². The van der Waals surface area contributed by atoms with Crippen LogP contribution in [0, 0.1) is 11.7 Å². The Bertz CT molecular complexity index is 1410. The van der Waals surface area contributed by atoms with Gasteiger partial charge in [-0.3, -0.25) is 9.59 Å². The van der Waals surface area contributed by atoms with Gasteiger partial charge in [0.25, 0.3) is 0 Å². The summed E-state index contributed by atoms with van der Waals surface area (Å²) in [6, 6.07) is 12.1. The molecule has 0 spiro atoms. The molecule has 0 unspecified atom stereocenters. The average molecular weight is 678 g/mol. The van der Waals surface area contributed by atoms with Crippen LogP contribution in [0.1, 0.15) is 24.1 Å². The fourth-order valence-corrected chi connectivity index (χ4v) is 3.94. The van der Waals surface area contributed by atoms with Crippen molar-refractivity contribution in [3.63, 3.8) is 0 Å². The van der Waals surface area contributed by atoms with Crippen LogP contribution in [0.25, 0.3) is 21.8 Å². The van der Waals surface area contributed by atoms with Crippen LogP contribution in [-0.2, 0) is 75.1 Å². The third-order valence-electron chi connectivity index (χ3n) is 5.70. The van der Waals surface area contributed by atoms with E-state index >= 15 is 0 Å². The second-order valence-corrected chi connectivity index (χ2v) is 9.25. The number of aromatic amines is 2. The van der Waals surface area contributed by atoms with Crippen LogP contribution in [-0.4, -0.2) is 70.7 Å². The summed E-state index contributed by atoms with van der Waals surface area (Å²) in [7, 11) is 0.407. The molecule has 2 aromatic heterocycles. The number of nitrogens with one attached hydrogen (secondary N) is 5. The Morgan fingerprint density at radius 3 is 1.74 bits per heavy atom. The Kier molecular flexibility index (Phi) is 19.2. The minimum absolute atomic E-state index is 0. The molecule has 0 aliphatic heterocycles. The van der Waals surface area contributed by atoms with Crippen molar-refractivity contribution in [1.82, 2.24) is 20.6 Å². The molecule has 42 heavy (non-hydrogen) atoms. The second-order valence-electron chi connectivity index (χ2n) is 8.78. The zero-order chi connectivity index (χ0) is 29.5. The first-order chi connectivity index (χ1) is 19.1. The smallest absolute Gasteiger partial charge is 0.308 e. The maximum atomic E-state index is 11.2. The van der Waals surface area contributed by atoms with E-state index in [-0.39, 0.29) is 65.2 Å². The first-order valence-electron chi connectivity index (χ1n) is 12.4. The number of hydrogen-bond acceptors (Lipinski definition) is 8. The van der Waals surface area contributed by atoms with Crippen LogP contribution in [0.4, 0.5) is 5.69 Å². The van der Waals surface area contributed by atoms with Crippen molar-refractivity contribution >= 4 is 49.8 Å². The summed E-state index contributed by atoms with van der Waals surface area (Å²) in [6.07, 6.45) is 5.54. The number of rotatable bonds is 10. The number of fused-ring (bicyclic) bond motifs is 2. The zero-order valence-corrected chi connectivity index (χ0v) is 27.0. The summed E-state index contributed by atoms with van der Waals surface area (Å²) in [5, 5.41) is 7.96. The number of nitrogens with two attached hydrogens (primary N) is 1. The van der Waals surface area contributed by atoms with Crippen LogP contribution in [0.2, 0.25) is 0 Å². The maximum Gasteiger partial charge on any atom is 0.308 e. The van der Waals surface area contributed by atoms with E-state index in [4.69, 9.17) is 28.4 Å². The molecule has 2 amide bonds. The van der Waals surface area contributed by atoms with Crippen LogP contribution >= 0.6 is 0 Å². The summed E-state index contributed by atoms with van der Waals surface area (Å²) in [4.78, 5) is 28.9. The number of carbonyl (C=O) groups is 2. The van der Waals surface area contributed by atoms with Gasteiger partial charge in [0.2, 0.25) is 11.8 Å². The van der Waals surface area contributed by atoms with Crippen LogP contribution in [0.3, 0.4) is 0 Å². The number of benzene rings is 2. The normalized spacial score (nSPS) is 9.79. The molecule has 7 N–H and O–H groups in total. The Hall–Kier alpha value is -3.10. The van der Waals surface area contributed by atoms with Gasteiger partial charge >= 0.3 is 10.5 Å². The quantitative estimate of drug-likeness (QED) is 0.139. The number of nitrogen functional groups attached to an aromatic ring is 1. The molecular weight excluding hydrogens is 637 g/mol. The molecule has 0 atom stereocenters. The molecule has 227 valence electrons. The number of amides is 2. The number of carbonyl (C=O) groups excluding carboxylic acids is 2. The van der Waals surface area contributed by atoms with Gasteiger partial charge in [0.15, 0.2) is 0 Å². The van der Waals surface area contributed by atoms with Crippen molar-refractivity contribution < 1.29 is 60.2 Å². The molecule has 4 aromatic rings. The van der Waals surface area contributed by atoms with Crippen molar-refractivity contribution in [3.8, 4) is 0 Å². The molecule has 0 saturated carbocycles. The molecule has 12 nitrogen and oxygen atoms in total. The SMILES string of the molecule is C.COCC(=O)NCCc1c[nH]c2ccc(C)cc12.COCC(=O)NCCc1c[nH]c2ccc(N)cc12.N=S(=O)=O.[Y]. The van der Waals surface area contributed by atoms with E-state index in [1.54, 1.807) is 0 Å².